The average molecular weight is 398 g/mol. The molecule has 1 aliphatic heterocycles. The van der Waals surface area contributed by atoms with Gasteiger partial charge in [-0.1, -0.05) is 35.5 Å². The van der Waals surface area contributed by atoms with Gasteiger partial charge >= 0.3 is 0 Å². The molecule has 0 unspecified atom stereocenters. The highest BCUT2D eigenvalue weighted by Crippen LogP contribution is 2.31. The van der Waals surface area contributed by atoms with E-state index in [4.69, 9.17) is 0 Å². The molecule has 0 spiro atoms. The summed E-state index contributed by atoms with van der Waals surface area (Å²) in [7, 11) is 0. The fourth-order valence-electron chi connectivity index (χ4n) is 3.69. The quantitative estimate of drug-likeness (QED) is 0.567. The van der Waals surface area contributed by atoms with Crippen LogP contribution < -0.4 is 15.8 Å². The summed E-state index contributed by atoms with van der Waals surface area (Å²) in [6.07, 6.45) is 1.77. The smallest absolute Gasteiger partial charge is 0.278 e. The number of amides is 1. The summed E-state index contributed by atoms with van der Waals surface area (Å²) in [5.41, 5.74) is 3.09. The van der Waals surface area contributed by atoms with E-state index in [0.29, 0.717) is 17.4 Å². The van der Waals surface area contributed by atoms with E-state index in [1.165, 1.54) is 0 Å². The third-order valence-corrected chi connectivity index (χ3v) is 5.15. The van der Waals surface area contributed by atoms with Crippen molar-refractivity contribution in [2.75, 3.05) is 10.2 Å². The second-order valence-electron chi connectivity index (χ2n) is 7.10. The molecule has 0 bridgehead atoms. The van der Waals surface area contributed by atoms with Gasteiger partial charge in [0.1, 0.15) is 17.9 Å². The fraction of sp³-hybridized carbons (Fsp3) is 0.136. The van der Waals surface area contributed by atoms with Crippen molar-refractivity contribution < 1.29 is 4.79 Å². The Balaban J connectivity index is 1.36. The average Bonchev–Trinajstić information content (AvgIpc) is 3.22. The molecular formula is C22H18N6O2. The second-order valence-corrected chi connectivity index (χ2v) is 7.10. The van der Waals surface area contributed by atoms with E-state index in [0.717, 1.165) is 33.9 Å². The molecule has 2 aromatic heterocycles. The van der Waals surface area contributed by atoms with Crippen LogP contribution in [-0.2, 0) is 24.4 Å². The summed E-state index contributed by atoms with van der Waals surface area (Å²) in [4.78, 5) is 31.8. The highest BCUT2D eigenvalue weighted by atomic mass is 16.2. The van der Waals surface area contributed by atoms with E-state index in [9.17, 15) is 9.59 Å². The van der Waals surface area contributed by atoms with Crippen LogP contribution in [0.4, 0.5) is 11.5 Å². The lowest BCUT2D eigenvalue weighted by molar-refractivity contribution is -0.117. The normalized spacial score (nSPS) is 12.7. The maximum Gasteiger partial charge on any atom is 0.278 e. The van der Waals surface area contributed by atoms with Crippen LogP contribution in [0, 0.1) is 0 Å². The van der Waals surface area contributed by atoms with Gasteiger partial charge in [-0.05, 0) is 41.5 Å². The Morgan fingerprint density at radius 1 is 1.00 bits per heavy atom. The first-order valence-electron chi connectivity index (χ1n) is 9.58. The Hall–Kier alpha value is -4.07. The molecular weight excluding hydrogens is 380 g/mol. The predicted molar refractivity (Wildman–Crippen MR) is 113 cm³/mol. The maximum atomic E-state index is 12.7. The summed E-state index contributed by atoms with van der Waals surface area (Å²) in [5, 5.41) is 11.3. The molecule has 0 fully saturated rings. The molecule has 4 aromatic rings. The van der Waals surface area contributed by atoms with E-state index in [-0.39, 0.29) is 18.0 Å². The van der Waals surface area contributed by atoms with Crippen LogP contribution in [0.5, 0.6) is 0 Å². The minimum atomic E-state index is -0.338. The molecule has 148 valence electrons. The molecule has 0 saturated heterocycles. The van der Waals surface area contributed by atoms with Crippen molar-refractivity contribution in [3.63, 3.8) is 0 Å². The van der Waals surface area contributed by atoms with Gasteiger partial charge in [-0.2, -0.15) is 0 Å². The van der Waals surface area contributed by atoms with Crippen LogP contribution >= 0.6 is 0 Å². The van der Waals surface area contributed by atoms with E-state index in [1.807, 2.05) is 36.4 Å². The molecule has 1 amide bonds. The zero-order valence-corrected chi connectivity index (χ0v) is 16.0. The Kier molecular flexibility index (Phi) is 4.44. The van der Waals surface area contributed by atoms with Gasteiger partial charge in [-0.15, -0.1) is 5.10 Å². The standard InChI is InChI=1S/C22H18N6O2/c29-21(14-28-22(30)16-7-1-2-8-19(16)25-26-28)24-18-9-5-6-15-12-27(13-17(15)18)20-10-3-4-11-23-20/h1-11H,12-14H2,(H,24,29). The highest BCUT2D eigenvalue weighted by Gasteiger charge is 2.23. The van der Waals surface area contributed by atoms with Crippen molar-refractivity contribution in [3.8, 4) is 0 Å². The van der Waals surface area contributed by atoms with Crippen molar-refractivity contribution in [1.29, 1.82) is 0 Å². The molecule has 1 aliphatic rings. The summed E-state index contributed by atoms with van der Waals surface area (Å²) < 4.78 is 1.08. The van der Waals surface area contributed by atoms with Crippen LogP contribution in [0.25, 0.3) is 10.9 Å². The van der Waals surface area contributed by atoms with E-state index in [2.05, 4.69) is 25.5 Å². The van der Waals surface area contributed by atoms with Gasteiger partial charge < -0.3 is 10.2 Å². The van der Waals surface area contributed by atoms with Crippen molar-refractivity contribution >= 4 is 28.3 Å². The Morgan fingerprint density at radius 3 is 2.73 bits per heavy atom. The molecule has 30 heavy (non-hydrogen) atoms. The molecule has 8 nitrogen and oxygen atoms in total. The van der Waals surface area contributed by atoms with Crippen LogP contribution in [0.1, 0.15) is 11.1 Å². The van der Waals surface area contributed by atoms with Crippen LogP contribution in [-0.4, -0.2) is 25.9 Å². The van der Waals surface area contributed by atoms with Crippen molar-refractivity contribution in [1.82, 2.24) is 20.0 Å². The fourth-order valence-corrected chi connectivity index (χ4v) is 3.69. The molecule has 2 aromatic carbocycles. The second kappa shape index (κ2) is 7.40. The molecule has 0 saturated carbocycles. The summed E-state index contributed by atoms with van der Waals surface area (Å²) in [6.45, 7) is 1.18. The number of hydrogen-bond donors (Lipinski definition) is 1. The van der Waals surface area contributed by atoms with Gasteiger partial charge in [0.2, 0.25) is 5.91 Å². The third-order valence-electron chi connectivity index (χ3n) is 5.15. The number of aromatic nitrogens is 4. The zero-order chi connectivity index (χ0) is 20.5. The number of pyridine rings is 1. The molecule has 8 heteroatoms. The zero-order valence-electron chi connectivity index (χ0n) is 16.0. The molecule has 5 rings (SSSR count). The molecule has 0 aliphatic carbocycles. The van der Waals surface area contributed by atoms with Gasteiger partial charge in [-0.3, -0.25) is 9.59 Å². The first-order chi connectivity index (χ1) is 14.7. The lowest BCUT2D eigenvalue weighted by Crippen LogP contribution is -2.30. The number of carbonyl (C=O) groups excluding carboxylic acids is 1. The molecule has 0 radical (unpaired) electrons. The first kappa shape index (κ1) is 18.0. The minimum Gasteiger partial charge on any atom is -0.348 e. The van der Waals surface area contributed by atoms with Crippen LogP contribution in [0.3, 0.4) is 0 Å². The Morgan fingerprint density at radius 2 is 1.87 bits per heavy atom. The van der Waals surface area contributed by atoms with Crippen LogP contribution in [0.15, 0.2) is 71.7 Å². The van der Waals surface area contributed by atoms with Gasteiger partial charge in [0, 0.05) is 25.0 Å². The van der Waals surface area contributed by atoms with Gasteiger partial charge in [-0.25, -0.2) is 9.67 Å². The summed E-state index contributed by atoms with van der Waals surface area (Å²) >= 11 is 0. The number of benzene rings is 2. The van der Waals surface area contributed by atoms with E-state index < -0.39 is 0 Å². The van der Waals surface area contributed by atoms with Crippen molar-refractivity contribution in [2.45, 2.75) is 19.6 Å². The largest absolute Gasteiger partial charge is 0.348 e. The molecule has 0 atom stereocenters. The molecule has 1 N–H and O–H groups in total. The number of nitrogens with one attached hydrogen (secondary N) is 1. The first-order valence-corrected chi connectivity index (χ1v) is 9.58. The monoisotopic (exact) mass is 398 g/mol. The minimum absolute atomic E-state index is 0.204. The van der Waals surface area contributed by atoms with E-state index >= 15 is 0 Å². The van der Waals surface area contributed by atoms with Crippen LogP contribution in [0.2, 0.25) is 0 Å². The van der Waals surface area contributed by atoms with E-state index in [1.54, 1.807) is 30.5 Å². The summed E-state index contributed by atoms with van der Waals surface area (Å²) in [5.74, 6) is 0.565. The number of hydrogen-bond acceptors (Lipinski definition) is 6. The predicted octanol–water partition coefficient (Wildman–Crippen LogP) is 2.35. The Labute approximate surface area is 171 Å². The number of rotatable bonds is 4. The number of anilines is 2. The number of fused-ring (bicyclic) bond motifs is 2. The highest BCUT2D eigenvalue weighted by molar-refractivity contribution is 5.92. The third kappa shape index (κ3) is 3.28. The topological polar surface area (TPSA) is 93.0 Å². The van der Waals surface area contributed by atoms with Gasteiger partial charge in [0.15, 0.2) is 0 Å². The molecule has 3 heterocycles. The van der Waals surface area contributed by atoms with Crippen molar-refractivity contribution in [3.05, 3.63) is 88.3 Å². The van der Waals surface area contributed by atoms with Gasteiger partial charge in [0.05, 0.1) is 5.39 Å². The number of carbonyl (C=O) groups is 1. The maximum absolute atomic E-state index is 12.7. The van der Waals surface area contributed by atoms with Crippen molar-refractivity contribution in [2.24, 2.45) is 0 Å². The lowest BCUT2D eigenvalue weighted by Gasteiger charge is -2.16. The summed E-state index contributed by atoms with van der Waals surface area (Å²) in [6, 6.07) is 18.6. The Bertz CT molecular complexity index is 1300. The SMILES string of the molecule is O=C(Cn1nnc2ccccc2c1=O)Nc1cccc2c1CN(c1ccccn1)C2. The number of nitrogens with zero attached hydrogens (tertiary/aromatic N) is 5. The van der Waals surface area contributed by atoms with Gasteiger partial charge in [0.25, 0.3) is 5.56 Å². The lowest BCUT2D eigenvalue weighted by atomic mass is 10.1.